The first-order valence-electron chi connectivity index (χ1n) is 8.55. The quantitative estimate of drug-likeness (QED) is 0.810. The van der Waals surface area contributed by atoms with E-state index in [9.17, 15) is 13.2 Å². The van der Waals surface area contributed by atoms with E-state index in [4.69, 9.17) is 0 Å². The lowest BCUT2D eigenvalue weighted by Gasteiger charge is -2.20. The van der Waals surface area contributed by atoms with Crippen molar-refractivity contribution in [3.8, 4) is 0 Å². The van der Waals surface area contributed by atoms with E-state index in [-0.39, 0.29) is 16.3 Å². The molecule has 5 nitrogen and oxygen atoms in total. The van der Waals surface area contributed by atoms with Crippen molar-refractivity contribution in [3.05, 3.63) is 59.7 Å². The molecule has 0 spiro atoms. The van der Waals surface area contributed by atoms with Gasteiger partial charge >= 0.3 is 0 Å². The molecule has 0 saturated carbocycles. The van der Waals surface area contributed by atoms with Crippen LogP contribution in [0.15, 0.2) is 53.4 Å². The summed E-state index contributed by atoms with van der Waals surface area (Å²) in [5.41, 5.74) is 2.26. The van der Waals surface area contributed by atoms with Crippen LogP contribution in [-0.4, -0.2) is 19.9 Å². The van der Waals surface area contributed by atoms with Crippen molar-refractivity contribution in [1.82, 2.24) is 5.32 Å². The molecule has 26 heavy (non-hydrogen) atoms. The zero-order valence-electron chi connectivity index (χ0n) is 15.7. The lowest BCUT2D eigenvalue weighted by atomic mass is 10.1. The highest BCUT2D eigenvalue weighted by atomic mass is 32.2. The summed E-state index contributed by atoms with van der Waals surface area (Å²) in [6.07, 6.45) is 0.929. The highest BCUT2D eigenvalue weighted by Crippen LogP contribution is 2.17. The van der Waals surface area contributed by atoms with Crippen molar-refractivity contribution in [1.29, 1.82) is 0 Å². The van der Waals surface area contributed by atoms with Crippen molar-refractivity contribution >= 4 is 21.6 Å². The fraction of sp³-hybridized carbons (Fsp3) is 0.350. The van der Waals surface area contributed by atoms with Crippen LogP contribution >= 0.6 is 0 Å². The molecule has 0 aromatic heterocycles. The Labute approximate surface area is 155 Å². The average Bonchev–Trinajstić information content (AvgIpc) is 2.54. The number of benzene rings is 2. The summed E-state index contributed by atoms with van der Waals surface area (Å²) in [4.78, 5) is 12.1. The van der Waals surface area contributed by atoms with Crippen molar-refractivity contribution in [2.24, 2.45) is 0 Å². The third-order valence-electron chi connectivity index (χ3n) is 3.69. The van der Waals surface area contributed by atoms with Gasteiger partial charge in [-0.1, -0.05) is 29.8 Å². The molecule has 0 aliphatic rings. The predicted molar refractivity (Wildman–Crippen MR) is 105 cm³/mol. The fourth-order valence-corrected chi connectivity index (χ4v) is 3.47. The monoisotopic (exact) mass is 374 g/mol. The van der Waals surface area contributed by atoms with Gasteiger partial charge in [-0.3, -0.25) is 9.52 Å². The highest BCUT2D eigenvalue weighted by molar-refractivity contribution is 7.92. The largest absolute Gasteiger partial charge is 0.351 e. The number of hydrogen-bond acceptors (Lipinski definition) is 3. The maximum absolute atomic E-state index is 12.4. The van der Waals surface area contributed by atoms with Crippen LogP contribution in [0.4, 0.5) is 5.69 Å². The third kappa shape index (κ3) is 6.19. The minimum Gasteiger partial charge on any atom is -0.351 e. The van der Waals surface area contributed by atoms with E-state index < -0.39 is 10.0 Å². The van der Waals surface area contributed by atoms with Crippen LogP contribution in [0.3, 0.4) is 0 Å². The van der Waals surface area contributed by atoms with Crippen LogP contribution in [0, 0.1) is 6.92 Å². The fourth-order valence-electron chi connectivity index (χ4n) is 2.41. The lowest BCUT2D eigenvalue weighted by molar-refractivity contribution is -0.122. The third-order valence-corrected chi connectivity index (χ3v) is 5.09. The van der Waals surface area contributed by atoms with E-state index in [0.29, 0.717) is 18.5 Å². The standard InChI is InChI=1S/C20H26N2O3S/c1-15-5-10-17(11-6-15)22-26(24,25)18-12-7-16(8-13-18)9-14-19(23)21-20(2,3)4/h5-8,10-13,22H,9,14H2,1-4H3,(H,21,23). The molecular formula is C20H26N2O3S. The molecule has 2 aromatic carbocycles. The van der Waals surface area contributed by atoms with Gasteiger partial charge < -0.3 is 5.32 Å². The van der Waals surface area contributed by atoms with Crippen LogP contribution in [0.1, 0.15) is 38.3 Å². The second-order valence-corrected chi connectivity index (χ2v) is 9.10. The maximum atomic E-state index is 12.4. The van der Waals surface area contributed by atoms with Gasteiger partial charge in [0, 0.05) is 17.6 Å². The van der Waals surface area contributed by atoms with Gasteiger partial charge in [0.2, 0.25) is 5.91 Å². The molecule has 2 N–H and O–H groups in total. The van der Waals surface area contributed by atoms with E-state index in [2.05, 4.69) is 10.0 Å². The Morgan fingerprint density at radius 2 is 1.54 bits per heavy atom. The number of amides is 1. The number of nitrogens with one attached hydrogen (secondary N) is 2. The van der Waals surface area contributed by atoms with E-state index in [1.165, 1.54) is 0 Å². The molecule has 0 bridgehead atoms. The summed E-state index contributed by atoms with van der Waals surface area (Å²) < 4.78 is 27.5. The normalized spacial score (nSPS) is 11.8. The minimum absolute atomic E-state index is 0.0183. The first-order valence-corrected chi connectivity index (χ1v) is 10.0. The molecule has 140 valence electrons. The molecule has 0 aliphatic carbocycles. The van der Waals surface area contributed by atoms with Crippen molar-refractivity contribution in [3.63, 3.8) is 0 Å². The summed E-state index contributed by atoms with van der Waals surface area (Å²) >= 11 is 0. The summed E-state index contributed by atoms with van der Waals surface area (Å²) in [7, 11) is -3.63. The Morgan fingerprint density at radius 1 is 0.962 bits per heavy atom. The van der Waals surface area contributed by atoms with Crippen LogP contribution in [0.5, 0.6) is 0 Å². The molecule has 0 heterocycles. The predicted octanol–water partition coefficient (Wildman–Crippen LogP) is 3.64. The van der Waals surface area contributed by atoms with Crippen molar-refractivity contribution in [2.75, 3.05) is 4.72 Å². The molecule has 0 atom stereocenters. The number of carbonyl (C=O) groups excluding carboxylic acids is 1. The summed E-state index contributed by atoms with van der Waals surface area (Å²) in [6.45, 7) is 7.75. The summed E-state index contributed by atoms with van der Waals surface area (Å²) in [5.74, 6) is -0.0183. The number of aryl methyl sites for hydroxylation is 2. The first kappa shape index (κ1) is 20.0. The number of carbonyl (C=O) groups is 1. The smallest absolute Gasteiger partial charge is 0.261 e. The lowest BCUT2D eigenvalue weighted by Crippen LogP contribution is -2.40. The Kier molecular flexibility index (Phi) is 6.08. The zero-order valence-corrected chi connectivity index (χ0v) is 16.5. The molecule has 2 rings (SSSR count). The summed E-state index contributed by atoms with van der Waals surface area (Å²) in [6, 6.07) is 13.8. The van der Waals surface area contributed by atoms with Gasteiger partial charge in [-0.15, -0.1) is 0 Å². The Morgan fingerprint density at radius 3 is 2.08 bits per heavy atom. The molecule has 2 aromatic rings. The molecule has 0 saturated heterocycles. The SMILES string of the molecule is Cc1ccc(NS(=O)(=O)c2ccc(CCC(=O)NC(C)(C)C)cc2)cc1. The molecule has 0 fully saturated rings. The number of sulfonamides is 1. The zero-order chi connectivity index (χ0) is 19.4. The highest BCUT2D eigenvalue weighted by Gasteiger charge is 2.15. The molecule has 0 aliphatic heterocycles. The van der Waals surface area contributed by atoms with Gasteiger partial charge in [0.1, 0.15) is 0 Å². The van der Waals surface area contributed by atoms with Crippen molar-refractivity contribution in [2.45, 2.75) is 51.0 Å². The van der Waals surface area contributed by atoms with Crippen LogP contribution < -0.4 is 10.0 Å². The molecule has 1 amide bonds. The number of hydrogen-bond donors (Lipinski definition) is 2. The first-order chi connectivity index (χ1) is 12.0. The molecule has 0 radical (unpaired) electrons. The van der Waals surface area contributed by atoms with Crippen LogP contribution in [0.2, 0.25) is 0 Å². The van der Waals surface area contributed by atoms with Gasteiger partial charge in [0.15, 0.2) is 0 Å². The van der Waals surface area contributed by atoms with Gasteiger partial charge in [0.25, 0.3) is 10.0 Å². The van der Waals surface area contributed by atoms with E-state index in [1.807, 2.05) is 39.8 Å². The molecule has 6 heteroatoms. The van der Waals surface area contributed by atoms with Crippen molar-refractivity contribution < 1.29 is 13.2 Å². The van der Waals surface area contributed by atoms with E-state index in [1.54, 1.807) is 36.4 Å². The van der Waals surface area contributed by atoms with E-state index >= 15 is 0 Å². The van der Waals surface area contributed by atoms with Gasteiger partial charge in [-0.05, 0) is 63.9 Å². The Balaban J connectivity index is 1.99. The Bertz CT molecular complexity index is 849. The average molecular weight is 375 g/mol. The topological polar surface area (TPSA) is 75.3 Å². The number of anilines is 1. The van der Waals surface area contributed by atoms with Gasteiger partial charge in [0.05, 0.1) is 4.90 Å². The van der Waals surface area contributed by atoms with Crippen LogP contribution in [0.25, 0.3) is 0 Å². The minimum atomic E-state index is -3.63. The molecule has 0 unspecified atom stereocenters. The Hall–Kier alpha value is -2.34. The van der Waals surface area contributed by atoms with Crippen LogP contribution in [-0.2, 0) is 21.2 Å². The summed E-state index contributed by atoms with van der Waals surface area (Å²) in [5, 5.41) is 2.91. The van der Waals surface area contributed by atoms with Gasteiger partial charge in [-0.2, -0.15) is 0 Å². The number of rotatable bonds is 6. The second kappa shape index (κ2) is 7.91. The van der Waals surface area contributed by atoms with E-state index in [0.717, 1.165) is 11.1 Å². The van der Waals surface area contributed by atoms with Gasteiger partial charge in [-0.25, -0.2) is 8.42 Å². The maximum Gasteiger partial charge on any atom is 0.261 e. The second-order valence-electron chi connectivity index (χ2n) is 7.41. The molecular weight excluding hydrogens is 348 g/mol.